The van der Waals surface area contributed by atoms with E-state index < -0.39 is 5.82 Å². The molecule has 0 aliphatic rings. The average molecular weight is 265 g/mol. The summed E-state index contributed by atoms with van der Waals surface area (Å²) in [4.78, 5) is 0. The molecular formula is C13H16FN3O2. The standard InChI is InChI=1S/C13H16FN3O2/c1-17-13(15)6-11(16-17)9-5-10(14)12(19-3)4-8(9)7-18-2/h4-6H,7,15H2,1-3H3. The maximum Gasteiger partial charge on any atom is 0.165 e. The van der Waals surface area contributed by atoms with Crippen LogP contribution in [-0.2, 0) is 18.4 Å². The summed E-state index contributed by atoms with van der Waals surface area (Å²) < 4.78 is 25.5. The van der Waals surface area contributed by atoms with Crippen LogP contribution in [0.3, 0.4) is 0 Å². The fraction of sp³-hybridized carbons (Fsp3) is 0.308. The molecule has 1 heterocycles. The first-order chi connectivity index (χ1) is 9.06. The van der Waals surface area contributed by atoms with Crippen LogP contribution < -0.4 is 10.5 Å². The number of anilines is 1. The SMILES string of the molecule is COCc1cc(OC)c(F)cc1-c1cc(N)n(C)n1. The van der Waals surface area contributed by atoms with Gasteiger partial charge in [0.2, 0.25) is 0 Å². The zero-order chi connectivity index (χ0) is 14.0. The molecule has 1 aromatic heterocycles. The topological polar surface area (TPSA) is 62.3 Å². The number of rotatable bonds is 4. The molecule has 0 amide bonds. The van der Waals surface area contributed by atoms with Crippen molar-refractivity contribution in [1.82, 2.24) is 9.78 Å². The van der Waals surface area contributed by atoms with Gasteiger partial charge in [-0.15, -0.1) is 0 Å². The van der Waals surface area contributed by atoms with Crippen LogP contribution in [0.4, 0.5) is 10.2 Å². The van der Waals surface area contributed by atoms with Gasteiger partial charge in [0.05, 0.1) is 19.4 Å². The van der Waals surface area contributed by atoms with Gasteiger partial charge in [0.25, 0.3) is 0 Å². The van der Waals surface area contributed by atoms with E-state index in [1.165, 1.54) is 17.9 Å². The molecule has 0 saturated heterocycles. The van der Waals surface area contributed by atoms with Gasteiger partial charge in [0, 0.05) is 25.8 Å². The summed E-state index contributed by atoms with van der Waals surface area (Å²) in [5.41, 5.74) is 7.79. The highest BCUT2D eigenvalue weighted by molar-refractivity contribution is 5.67. The van der Waals surface area contributed by atoms with E-state index >= 15 is 0 Å². The van der Waals surface area contributed by atoms with Gasteiger partial charge in [-0.1, -0.05) is 0 Å². The lowest BCUT2D eigenvalue weighted by atomic mass is 10.0. The minimum atomic E-state index is -0.443. The van der Waals surface area contributed by atoms with Crippen LogP contribution in [-0.4, -0.2) is 24.0 Å². The van der Waals surface area contributed by atoms with Crippen LogP contribution in [0.15, 0.2) is 18.2 Å². The molecule has 2 rings (SSSR count). The minimum absolute atomic E-state index is 0.180. The van der Waals surface area contributed by atoms with Crippen molar-refractivity contribution < 1.29 is 13.9 Å². The molecule has 6 heteroatoms. The number of ether oxygens (including phenoxy) is 2. The van der Waals surface area contributed by atoms with Crippen LogP contribution >= 0.6 is 0 Å². The third kappa shape index (κ3) is 2.53. The Kier molecular flexibility index (Phi) is 3.71. The molecule has 0 atom stereocenters. The highest BCUT2D eigenvalue weighted by atomic mass is 19.1. The maximum atomic E-state index is 13.8. The monoisotopic (exact) mass is 265 g/mol. The molecular weight excluding hydrogens is 249 g/mol. The number of methoxy groups -OCH3 is 2. The van der Waals surface area contributed by atoms with Crippen molar-refractivity contribution in [3.8, 4) is 17.0 Å². The number of hydrogen-bond donors (Lipinski definition) is 1. The predicted molar refractivity (Wildman–Crippen MR) is 70.3 cm³/mol. The highest BCUT2D eigenvalue weighted by Gasteiger charge is 2.15. The molecule has 0 bridgehead atoms. The van der Waals surface area contributed by atoms with Crippen LogP contribution in [0.2, 0.25) is 0 Å². The van der Waals surface area contributed by atoms with Gasteiger partial charge in [-0.05, 0) is 17.7 Å². The molecule has 2 aromatic rings. The molecule has 0 fully saturated rings. The normalized spacial score (nSPS) is 10.7. The van der Waals surface area contributed by atoms with Crippen LogP contribution in [0.25, 0.3) is 11.3 Å². The third-order valence-corrected chi connectivity index (χ3v) is 2.87. The van der Waals surface area contributed by atoms with E-state index in [2.05, 4.69) is 5.10 Å². The quantitative estimate of drug-likeness (QED) is 0.918. The lowest BCUT2D eigenvalue weighted by Gasteiger charge is -2.10. The molecule has 1 aromatic carbocycles. The Labute approximate surface area is 110 Å². The first-order valence-electron chi connectivity index (χ1n) is 5.72. The summed E-state index contributed by atoms with van der Waals surface area (Å²) in [5.74, 6) is 0.246. The molecule has 0 radical (unpaired) electrons. The molecule has 0 unspecified atom stereocenters. The number of aryl methyl sites for hydroxylation is 1. The maximum absolute atomic E-state index is 13.8. The smallest absolute Gasteiger partial charge is 0.165 e. The number of halogens is 1. The van der Waals surface area contributed by atoms with Gasteiger partial charge in [0.15, 0.2) is 11.6 Å². The second kappa shape index (κ2) is 5.27. The summed E-state index contributed by atoms with van der Waals surface area (Å²) >= 11 is 0. The molecule has 102 valence electrons. The van der Waals surface area contributed by atoms with E-state index in [9.17, 15) is 4.39 Å². The van der Waals surface area contributed by atoms with E-state index in [0.29, 0.717) is 23.7 Å². The van der Waals surface area contributed by atoms with Gasteiger partial charge in [-0.3, -0.25) is 4.68 Å². The Hall–Kier alpha value is -2.08. The summed E-state index contributed by atoms with van der Waals surface area (Å²) in [6.07, 6.45) is 0. The second-order valence-electron chi connectivity index (χ2n) is 4.15. The van der Waals surface area contributed by atoms with Gasteiger partial charge in [-0.2, -0.15) is 5.10 Å². The lowest BCUT2D eigenvalue weighted by Crippen LogP contribution is -1.99. The van der Waals surface area contributed by atoms with Crippen molar-refractivity contribution >= 4 is 5.82 Å². The van der Waals surface area contributed by atoms with Crippen molar-refractivity contribution in [1.29, 1.82) is 0 Å². The van der Waals surface area contributed by atoms with Crippen molar-refractivity contribution in [2.45, 2.75) is 6.61 Å². The summed E-state index contributed by atoms with van der Waals surface area (Å²) in [7, 11) is 4.73. The molecule has 19 heavy (non-hydrogen) atoms. The highest BCUT2D eigenvalue weighted by Crippen LogP contribution is 2.30. The van der Waals surface area contributed by atoms with Crippen molar-refractivity contribution in [3.05, 3.63) is 29.6 Å². The van der Waals surface area contributed by atoms with Gasteiger partial charge in [0.1, 0.15) is 5.82 Å². The fourth-order valence-electron chi connectivity index (χ4n) is 1.88. The molecule has 0 aliphatic carbocycles. The number of nitrogens with zero attached hydrogens (tertiary/aromatic N) is 2. The number of hydrogen-bond acceptors (Lipinski definition) is 4. The van der Waals surface area contributed by atoms with E-state index in [0.717, 1.165) is 5.56 Å². The zero-order valence-electron chi connectivity index (χ0n) is 11.1. The van der Waals surface area contributed by atoms with Crippen LogP contribution in [0.1, 0.15) is 5.56 Å². The fourth-order valence-corrected chi connectivity index (χ4v) is 1.88. The molecule has 2 N–H and O–H groups in total. The lowest BCUT2D eigenvalue weighted by molar-refractivity contribution is 0.185. The first-order valence-corrected chi connectivity index (χ1v) is 5.72. The molecule has 0 saturated carbocycles. The first kappa shape index (κ1) is 13.4. The third-order valence-electron chi connectivity index (χ3n) is 2.87. The Balaban J connectivity index is 2.57. The summed E-state index contributed by atoms with van der Waals surface area (Å²) in [5, 5.41) is 4.25. The summed E-state index contributed by atoms with van der Waals surface area (Å²) in [6, 6.07) is 4.69. The summed E-state index contributed by atoms with van der Waals surface area (Å²) in [6.45, 7) is 0.336. The van der Waals surface area contributed by atoms with Gasteiger partial charge < -0.3 is 15.2 Å². The van der Waals surface area contributed by atoms with Crippen LogP contribution in [0, 0.1) is 5.82 Å². The second-order valence-corrected chi connectivity index (χ2v) is 4.15. The molecule has 0 spiro atoms. The Bertz CT molecular complexity index is 576. The van der Waals surface area contributed by atoms with Crippen molar-refractivity contribution in [2.75, 3.05) is 20.0 Å². The zero-order valence-corrected chi connectivity index (χ0v) is 11.1. The molecule has 0 aliphatic heterocycles. The minimum Gasteiger partial charge on any atom is -0.494 e. The van der Waals surface area contributed by atoms with Crippen molar-refractivity contribution in [2.24, 2.45) is 7.05 Å². The largest absolute Gasteiger partial charge is 0.494 e. The van der Waals surface area contributed by atoms with Crippen molar-refractivity contribution in [3.63, 3.8) is 0 Å². The van der Waals surface area contributed by atoms with E-state index in [1.54, 1.807) is 26.3 Å². The number of benzene rings is 1. The number of nitrogens with two attached hydrogens (primary N) is 1. The average Bonchev–Trinajstić information content (AvgIpc) is 2.71. The van der Waals surface area contributed by atoms with E-state index in [1.807, 2.05) is 0 Å². The molecule has 5 nitrogen and oxygen atoms in total. The van der Waals surface area contributed by atoms with Crippen LogP contribution in [0.5, 0.6) is 5.75 Å². The Morgan fingerprint density at radius 1 is 1.32 bits per heavy atom. The number of nitrogen functional groups attached to an aromatic ring is 1. The Morgan fingerprint density at radius 2 is 2.05 bits per heavy atom. The van der Waals surface area contributed by atoms with Gasteiger partial charge in [-0.25, -0.2) is 4.39 Å². The number of aromatic nitrogens is 2. The van der Waals surface area contributed by atoms with E-state index in [4.69, 9.17) is 15.2 Å². The Morgan fingerprint density at radius 3 is 2.58 bits per heavy atom. The predicted octanol–water partition coefficient (Wildman–Crippen LogP) is 1.96. The van der Waals surface area contributed by atoms with E-state index in [-0.39, 0.29) is 5.75 Å². The van der Waals surface area contributed by atoms with Gasteiger partial charge >= 0.3 is 0 Å².